The molecule has 2 saturated heterocycles. The van der Waals surface area contributed by atoms with Crippen molar-refractivity contribution in [2.45, 2.75) is 57.9 Å². The van der Waals surface area contributed by atoms with Gasteiger partial charge in [-0.25, -0.2) is 9.18 Å². The maximum Gasteiger partial charge on any atom is 0.410 e. The highest BCUT2D eigenvalue weighted by Gasteiger charge is 2.47. The fraction of sp³-hybridized carbons (Fsp3) is 0.591. The maximum atomic E-state index is 15.1. The lowest BCUT2D eigenvalue weighted by Crippen LogP contribution is -2.50. The van der Waals surface area contributed by atoms with Gasteiger partial charge in [-0.1, -0.05) is 11.6 Å². The molecule has 1 aromatic heterocycles. The van der Waals surface area contributed by atoms with Crippen molar-refractivity contribution < 1.29 is 23.4 Å². The van der Waals surface area contributed by atoms with Gasteiger partial charge in [-0.15, -0.1) is 0 Å². The number of ether oxygens (including phenoxy) is 3. The Labute approximate surface area is 205 Å². The number of piperazine rings is 1. The first kappa shape index (κ1) is 24.2. The summed E-state index contributed by atoms with van der Waals surface area (Å²) >= 11 is 9.45. The monoisotopic (exact) mass is 544 g/mol. The first-order valence-electron chi connectivity index (χ1n) is 10.8. The predicted molar refractivity (Wildman–Crippen MR) is 127 cm³/mol. The van der Waals surface area contributed by atoms with Crippen LogP contribution in [0.3, 0.4) is 0 Å². The molecule has 11 heteroatoms. The third kappa shape index (κ3) is 4.83. The van der Waals surface area contributed by atoms with Gasteiger partial charge in [0.05, 0.1) is 27.7 Å². The van der Waals surface area contributed by atoms with Crippen LogP contribution in [0.5, 0.6) is 6.01 Å². The molecule has 8 nitrogen and oxygen atoms in total. The predicted octanol–water partition coefficient (Wildman–Crippen LogP) is 4.80. The number of amides is 1. The van der Waals surface area contributed by atoms with E-state index in [1.165, 1.54) is 0 Å². The van der Waals surface area contributed by atoms with Crippen molar-refractivity contribution in [2.24, 2.45) is 0 Å². The fourth-order valence-electron chi connectivity index (χ4n) is 4.15. The summed E-state index contributed by atoms with van der Waals surface area (Å²) in [4.78, 5) is 25.4. The summed E-state index contributed by atoms with van der Waals surface area (Å²) in [5, 5.41) is 0.718. The highest BCUT2D eigenvalue weighted by atomic mass is 79.9. The minimum atomic E-state index is -0.578. The molecule has 2 aliphatic rings. The second kappa shape index (κ2) is 9.03. The molecule has 3 atom stereocenters. The summed E-state index contributed by atoms with van der Waals surface area (Å²) in [6.07, 6.45) is 0.270. The van der Waals surface area contributed by atoms with Gasteiger partial charge in [-0.2, -0.15) is 9.97 Å². The Morgan fingerprint density at radius 3 is 2.67 bits per heavy atom. The van der Waals surface area contributed by atoms with E-state index in [1.54, 1.807) is 18.1 Å². The number of benzene rings is 1. The summed E-state index contributed by atoms with van der Waals surface area (Å²) in [6.45, 7) is 8.65. The van der Waals surface area contributed by atoms with Crippen molar-refractivity contribution in [2.75, 3.05) is 31.7 Å². The normalized spacial score (nSPS) is 21.1. The van der Waals surface area contributed by atoms with E-state index in [-0.39, 0.29) is 51.9 Å². The minimum Gasteiger partial charge on any atom is -0.461 e. The lowest BCUT2D eigenvalue weighted by molar-refractivity contribution is 0.0214. The van der Waals surface area contributed by atoms with Crippen molar-refractivity contribution in [1.82, 2.24) is 14.9 Å². The zero-order valence-corrected chi connectivity index (χ0v) is 21.5. The second-order valence-corrected chi connectivity index (χ2v) is 10.6. The van der Waals surface area contributed by atoms with E-state index in [4.69, 9.17) is 25.8 Å². The number of carbonyl (C=O) groups is 1. The summed E-state index contributed by atoms with van der Waals surface area (Å²) in [5.74, 6) is -0.0461. The molecule has 2 aliphatic heterocycles. The third-order valence-corrected chi connectivity index (χ3v) is 7.08. The van der Waals surface area contributed by atoms with Crippen LogP contribution in [0.15, 0.2) is 10.5 Å². The number of rotatable bonds is 5. The van der Waals surface area contributed by atoms with Crippen LogP contribution in [0.1, 0.15) is 34.1 Å². The van der Waals surface area contributed by atoms with E-state index in [1.807, 2.05) is 27.7 Å². The maximum absolute atomic E-state index is 15.1. The van der Waals surface area contributed by atoms with Crippen molar-refractivity contribution >= 4 is 50.3 Å². The van der Waals surface area contributed by atoms with Crippen LogP contribution in [-0.2, 0) is 9.47 Å². The number of carbonyl (C=O) groups excluding carboxylic acids is 1. The van der Waals surface area contributed by atoms with Crippen LogP contribution in [0, 0.1) is 5.82 Å². The van der Waals surface area contributed by atoms with Gasteiger partial charge in [0.25, 0.3) is 0 Å². The van der Waals surface area contributed by atoms with E-state index in [0.29, 0.717) is 24.3 Å². The van der Waals surface area contributed by atoms with Gasteiger partial charge in [0.15, 0.2) is 5.82 Å². The Balaban J connectivity index is 1.67. The second-order valence-electron chi connectivity index (χ2n) is 9.40. The minimum absolute atomic E-state index is 0.0110. The Morgan fingerprint density at radius 1 is 1.33 bits per heavy atom. The summed E-state index contributed by atoms with van der Waals surface area (Å²) < 4.78 is 31.7. The Morgan fingerprint density at radius 2 is 2.06 bits per heavy atom. The molecule has 0 spiro atoms. The number of likely N-dealkylation sites (tertiary alicyclic amines) is 1. The van der Waals surface area contributed by atoms with Crippen LogP contribution in [0.25, 0.3) is 10.9 Å². The number of aromatic nitrogens is 2. The van der Waals surface area contributed by atoms with Gasteiger partial charge in [0.2, 0.25) is 0 Å². The third-order valence-electron chi connectivity index (χ3n) is 5.78. The number of hydrogen-bond donors (Lipinski definition) is 0. The quantitative estimate of drug-likeness (QED) is 0.500. The smallest absolute Gasteiger partial charge is 0.410 e. The molecule has 0 unspecified atom stereocenters. The van der Waals surface area contributed by atoms with Gasteiger partial charge >= 0.3 is 12.1 Å². The molecule has 0 aliphatic carbocycles. The molecule has 1 aromatic carbocycles. The first-order valence-corrected chi connectivity index (χ1v) is 11.9. The average Bonchev–Trinajstić information content (AvgIpc) is 3.35. The zero-order chi connectivity index (χ0) is 24.1. The van der Waals surface area contributed by atoms with Crippen LogP contribution in [-0.4, -0.2) is 71.6 Å². The van der Waals surface area contributed by atoms with E-state index < -0.39 is 11.4 Å². The first-order chi connectivity index (χ1) is 15.5. The van der Waals surface area contributed by atoms with Gasteiger partial charge in [-0.05, 0) is 56.1 Å². The summed E-state index contributed by atoms with van der Waals surface area (Å²) in [6, 6.07) is 1.69. The molecule has 4 rings (SSSR count). The molecule has 0 N–H and O–H groups in total. The number of nitrogens with zero attached hydrogens (tertiary/aromatic N) is 4. The van der Waals surface area contributed by atoms with E-state index in [2.05, 4.69) is 30.8 Å². The number of hydrogen-bond acceptors (Lipinski definition) is 7. The Hall–Kier alpha value is -1.91. The number of methoxy groups -OCH3 is 1. The van der Waals surface area contributed by atoms with Gasteiger partial charge in [0, 0.05) is 25.6 Å². The van der Waals surface area contributed by atoms with Crippen LogP contribution < -0.4 is 9.64 Å². The highest BCUT2D eigenvalue weighted by Crippen LogP contribution is 2.41. The molecule has 33 heavy (non-hydrogen) atoms. The molecule has 0 radical (unpaired) electrons. The molecule has 180 valence electrons. The van der Waals surface area contributed by atoms with E-state index in [0.717, 1.165) is 6.42 Å². The summed E-state index contributed by atoms with van der Waals surface area (Å²) in [7, 11) is 1.58. The average molecular weight is 546 g/mol. The lowest BCUT2D eigenvalue weighted by atomic mass is 10.2. The van der Waals surface area contributed by atoms with Crippen LogP contribution in [0.2, 0.25) is 5.02 Å². The Bertz CT molecular complexity index is 1080. The van der Waals surface area contributed by atoms with E-state index >= 15 is 4.39 Å². The molecule has 2 bridgehead atoms. The van der Waals surface area contributed by atoms with Gasteiger partial charge in [-0.3, -0.25) is 0 Å². The topological polar surface area (TPSA) is 77.0 Å². The summed E-state index contributed by atoms with van der Waals surface area (Å²) in [5.41, 5.74) is -0.447. The molecule has 1 amide bonds. The Kier molecular flexibility index (Phi) is 6.63. The highest BCUT2D eigenvalue weighted by molar-refractivity contribution is 9.10. The molecular formula is C22H27BrClFN4O4. The van der Waals surface area contributed by atoms with Crippen molar-refractivity contribution in [3.05, 3.63) is 21.4 Å². The standard InChI is InChI=1S/C22H27BrClFN4O4/c1-11(31-5)10-32-20-26-18-14(7-15(24)16(23)17(18)25)19(27-20)28-8-13-6-12(28)9-29(13)21(30)33-22(2,3)4/h7,11-13H,6,8-10H2,1-5H3/t11-,12-,13-/m0/s1. The number of halogens is 3. The van der Waals surface area contributed by atoms with Gasteiger partial charge < -0.3 is 24.0 Å². The van der Waals surface area contributed by atoms with Crippen molar-refractivity contribution in [3.8, 4) is 6.01 Å². The molecule has 2 aromatic rings. The molecule has 2 fully saturated rings. The van der Waals surface area contributed by atoms with Gasteiger partial charge in [0.1, 0.15) is 23.5 Å². The lowest BCUT2D eigenvalue weighted by Gasteiger charge is -2.36. The van der Waals surface area contributed by atoms with Crippen LogP contribution >= 0.6 is 27.5 Å². The van der Waals surface area contributed by atoms with Crippen molar-refractivity contribution in [3.63, 3.8) is 0 Å². The molecular weight excluding hydrogens is 519 g/mol. The number of anilines is 1. The fourth-order valence-corrected chi connectivity index (χ4v) is 4.64. The van der Waals surface area contributed by atoms with Crippen LogP contribution in [0.4, 0.5) is 15.0 Å². The zero-order valence-electron chi connectivity index (χ0n) is 19.2. The van der Waals surface area contributed by atoms with E-state index in [9.17, 15) is 4.79 Å². The SMILES string of the molecule is CO[C@@H](C)COc1nc(N2C[C@@H]3C[C@H]2CN3C(=O)OC(C)(C)C)c2cc(Cl)c(Br)c(F)c2n1. The largest absolute Gasteiger partial charge is 0.461 e. The molecule has 0 saturated carbocycles. The molecule has 3 heterocycles. The number of fused-ring (bicyclic) bond motifs is 3. The van der Waals surface area contributed by atoms with Crippen molar-refractivity contribution in [1.29, 1.82) is 0 Å².